The van der Waals surface area contributed by atoms with Crippen LogP contribution in [0.15, 0.2) is 36.5 Å². The van der Waals surface area contributed by atoms with Crippen molar-refractivity contribution in [2.45, 2.75) is 44.8 Å². The highest BCUT2D eigenvalue weighted by molar-refractivity contribution is 6.03. The summed E-state index contributed by atoms with van der Waals surface area (Å²) >= 11 is 0. The standard InChI is InChI=1S/C26H30N4O4/c1-28(2)24(31)16-29-15-18-6-9-20(13-22(18)25(29)32)30-12-11-23(26(30)33)34-21-10-8-19(27-14-21)7-5-17-3-4-17/h6,8-10,13-14,17,23H,3-5,7,11-12,15-16H2,1-2H3/t23-/m1/s1. The molecule has 2 fully saturated rings. The van der Waals surface area contributed by atoms with E-state index in [1.54, 1.807) is 31.3 Å². The maximum Gasteiger partial charge on any atom is 0.268 e. The van der Waals surface area contributed by atoms with Crippen LogP contribution >= 0.6 is 0 Å². The molecule has 34 heavy (non-hydrogen) atoms. The van der Waals surface area contributed by atoms with E-state index >= 15 is 0 Å². The molecule has 0 bridgehead atoms. The lowest BCUT2D eigenvalue weighted by atomic mass is 10.1. The Bertz CT molecular complexity index is 1110. The van der Waals surface area contributed by atoms with E-state index in [0.29, 0.717) is 36.5 Å². The van der Waals surface area contributed by atoms with Gasteiger partial charge in [0.2, 0.25) is 5.91 Å². The van der Waals surface area contributed by atoms with Crippen LogP contribution in [0.4, 0.5) is 5.69 Å². The highest BCUT2D eigenvalue weighted by Gasteiger charge is 2.36. The van der Waals surface area contributed by atoms with Crippen LogP contribution in [0.1, 0.15) is 47.3 Å². The van der Waals surface area contributed by atoms with Gasteiger partial charge in [0.1, 0.15) is 12.3 Å². The predicted octanol–water partition coefficient (Wildman–Crippen LogP) is 2.65. The van der Waals surface area contributed by atoms with E-state index in [2.05, 4.69) is 4.98 Å². The summed E-state index contributed by atoms with van der Waals surface area (Å²) in [7, 11) is 3.34. The Morgan fingerprint density at radius 2 is 1.97 bits per heavy atom. The number of nitrogens with zero attached hydrogens (tertiary/aromatic N) is 4. The molecule has 1 aliphatic carbocycles. The summed E-state index contributed by atoms with van der Waals surface area (Å²) in [5.41, 5.74) is 3.15. The Hall–Kier alpha value is -3.42. The van der Waals surface area contributed by atoms with E-state index in [1.807, 2.05) is 24.3 Å². The van der Waals surface area contributed by atoms with Gasteiger partial charge >= 0.3 is 0 Å². The molecule has 8 nitrogen and oxygen atoms in total. The SMILES string of the molecule is CN(C)C(=O)CN1Cc2ccc(N3CC[C@@H](Oc4ccc(CCC5CC5)nc4)C3=O)cc2C1=O. The van der Waals surface area contributed by atoms with Gasteiger partial charge in [-0.2, -0.15) is 0 Å². The predicted molar refractivity (Wildman–Crippen MR) is 127 cm³/mol. The van der Waals surface area contributed by atoms with Crippen molar-refractivity contribution in [2.24, 2.45) is 5.92 Å². The van der Waals surface area contributed by atoms with Crippen LogP contribution in [-0.2, 0) is 22.6 Å². The van der Waals surface area contributed by atoms with Crippen LogP contribution in [0.5, 0.6) is 5.75 Å². The molecule has 8 heteroatoms. The number of ether oxygens (including phenoxy) is 1. The van der Waals surface area contributed by atoms with Gasteiger partial charge in [0, 0.05) is 50.6 Å². The third-order valence-corrected chi connectivity index (χ3v) is 6.85. The van der Waals surface area contributed by atoms with Crippen LogP contribution in [0.3, 0.4) is 0 Å². The molecule has 3 aliphatic rings. The molecule has 1 saturated carbocycles. The molecule has 1 saturated heterocycles. The number of fused-ring (bicyclic) bond motifs is 1. The largest absolute Gasteiger partial charge is 0.479 e. The van der Waals surface area contributed by atoms with E-state index in [0.717, 1.165) is 23.6 Å². The van der Waals surface area contributed by atoms with Crippen molar-refractivity contribution in [1.82, 2.24) is 14.8 Å². The van der Waals surface area contributed by atoms with Crippen molar-refractivity contribution in [3.05, 3.63) is 53.3 Å². The van der Waals surface area contributed by atoms with Gasteiger partial charge in [0.05, 0.1) is 6.20 Å². The molecule has 1 aromatic heterocycles. The number of aryl methyl sites for hydroxylation is 1. The van der Waals surface area contributed by atoms with E-state index in [-0.39, 0.29) is 24.3 Å². The fraction of sp³-hybridized carbons (Fsp3) is 0.462. The first-order valence-electron chi connectivity index (χ1n) is 11.9. The molecule has 1 aromatic carbocycles. The maximum absolute atomic E-state index is 13.1. The minimum absolute atomic E-state index is 0.0435. The van der Waals surface area contributed by atoms with Crippen molar-refractivity contribution in [2.75, 3.05) is 32.1 Å². The molecule has 5 rings (SSSR count). The monoisotopic (exact) mass is 462 g/mol. The minimum Gasteiger partial charge on any atom is -0.479 e. The van der Waals surface area contributed by atoms with Crippen LogP contribution in [-0.4, -0.2) is 65.8 Å². The van der Waals surface area contributed by atoms with Crippen molar-refractivity contribution in [3.8, 4) is 5.75 Å². The first-order valence-corrected chi connectivity index (χ1v) is 11.9. The maximum atomic E-state index is 13.1. The lowest BCUT2D eigenvalue weighted by Crippen LogP contribution is -2.36. The quantitative estimate of drug-likeness (QED) is 0.602. The summed E-state index contributed by atoms with van der Waals surface area (Å²) in [4.78, 5) is 47.1. The number of carbonyl (C=O) groups is 3. The zero-order chi connectivity index (χ0) is 23.8. The van der Waals surface area contributed by atoms with Crippen molar-refractivity contribution >= 4 is 23.4 Å². The van der Waals surface area contributed by atoms with E-state index in [4.69, 9.17) is 4.74 Å². The van der Waals surface area contributed by atoms with Crippen LogP contribution in [0.2, 0.25) is 0 Å². The average molecular weight is 463 g/mol. The summed E-state index contributed by atoms with van der Waals surface area (Å²) < 4.78 is 5.96. The van der Waals surface area contributed by atoms with Gasteiger partial charge in [-0.25, -0.2) is 0 Å². The molecular formula is C26H30N4O4. The number of rotatable bonds is 8. The fourth-order valence-electron chi connectivity index (χ4n) is 4.52. The number of hydrogen-bond donors (Lipinski definition) is 0. The first kappa shape index (κ1) is 22.4. The number of aromatic nitrogens is 1. The Morgan fingerprint density at radius 1 is 1.15 bits per heavy atom. The van der Waals surface area contributed by atoms with Gasteiger partial charge in [0.25, 0.3) is 11.8 Å². The number of hydrogen-bond acceptors (Lipinski definition) is 5. The van der Waals surface area contributed by atoms with Crippen LogP contribution < -0.4 is 9.64 Å². The zero-order valence-corrected chi connectivity index (χ0v) is 19.7. The van der Waals surface area contributed by atoms with Crippen LogP contribution in [0, 0.1) is 5.92 Å². The number of carbonyl (C=O) groups excluding carboxylic acids is 3. The van der Waals surface area contributed by atoms with Gasteiger partial charge in [-0.3, -0.25) is 19.4 Å². The number of anilines is 1. The third kappa shape index (κ3) is 4.62. The van der Waals surface area contributed by atoms with Crippen molar-refractivity contribution < 1.29 is 19.1 Å². The van der Waals surface area contributed by atoms with Gasteiger partial charge in [-0.1, -0.05) is 18.9 Å². The van der Waals surface area contributed by atoms with Gasteiger partial charge in [0.15, 0.2) is 6.10 Å². The number of amides is 3. The van der Waals surface area contributed by atoms with E-state index in [9.17, 15) is 14.4 Å². The van der Waals surface area contributed by atoms with Crippen molar-refractivity contribution in [3.63, 3.8) is 0 Å². The second-order valence-electron chi connectivity index (χ2n) is 9.64. The Morgan fingerprint density at radius 3 is 2.68 bits per heavy atom. The first-order chi connectivity index (χ1) is 16.4. The second kappa shape index (κ2) is 9.08. The zero-order valence-electron chi connectivity index (χ0n) is 19.7. The lowest BCUT2D eigenvalue weighted by molar-refractivity contribution is -0.129. The highest BCUT2D eigenvalue weighted by Crippen LogP contribution is 2.33. The summed E-state index contributed by atoms with van der Waals surface area (Å²) in [5, 5.41) is 0. The Balaban J connectivity index is 1.21. The summed E-state index contributed by atoms with van der Waals surface area (Å²) in [6, 6.07) is 9.36. The number of benzene rings is 1. The molecule has 0 spiro atoms. The average Bonchev–Trinajstić information content (AvgIpc) is 3.53. The molecule has 3 amide bonds. The molecule has 2 aliphatic heterocycles. The second-order valence-corrected chi connectivity index (χ2v) is 9.64. The van der Waals surface area contributed by atoms with Gasteiger partial charge in [-0.15, -0.1) is 0 Å². The molecule has 2 aromatic rings. The van der Waals surface area contributed by atoms with Gasteiger partial charge in [-0.05, 0) is 48.6 Å². The molecule has 0 unspecified atom stereocenters. The number of likely N-dealkylation sites (N-methyl/N-ethyl adjacent to an activating group) is 1. The molecule has 0 radical (unpaired) electrons. The summed E-state index contributed by atoms with van der Waals surface area (Å²) in [6.45, 7) is 0.964. The molecular weight excluding hydrogens is 432 g/mol. The molecule has 0 N–H and O–H groups in total. The fourth-order valence-corrected chi connectivity index (χ4v) is 4.52. The van der Waals surface area contributed by atoms with Gasteiger partial charge < -0.3 is 19.4 Å². The summed E-state index contributed by atoms with van der Waals surface area (Å²) in [5.74, 6) is 1.04. The Kier molecular flexibility index (Phi) is 5.98. The highest BCUT2D eigenvalue weighted by atomic mass is 16.5. The van der Waals surface area contributed by atoms with E-state index < -0.39 is 6.10 Å². The van der Waals surface area contributed by atoms with Crippen molar-refractivity contribution in [1.29, 1.82) is 0 Å². The Labute approximate surface area is 199 Å². The normalized spacial score (nSPS) is 19.5. The lowest BCUT2D eigenvalue weighted by Gasteiger charge is -2.18. The third-order valence-electron chi connectivity index (χ3n) is 6.85. The molecule has 178 valence electrons. The van der Waals surface area contributed by atoms with E-state index in [1.165, 1.54) is 29.1 Å². The summed E-state index contributed by atoms with van der Waals surface area (Å²) in [6.07, 6.45) is 6.56. The number of pyridine rings is 1. The smallest absolute Gasteiger partial charge is 0.268 e. The molecule has 3 heterocycles. The van der Waals surface area contributed by atoms with Crippen LogP contribution in [0.25, 0.3) is 0 Å². The minimum atomic E-state index is -0.572. The topological polar surface area (TPSA) is 83.1 Å². The molecule has 1 atom stereocenters.